The highest BCUT2D eigenvalue weighted by Gasteiger charge is 2.04. The van der Waals surface area contributed by atoms with E-state index in [4.69, 9.17) is 5.73 Å². The normalized spacial score (nSPS) is 10.3. The van der Waals surface area contributed by atoms with E-state index in [1.165, 1.54) is 11.8 Å². The van der Waals surface area contributed by atoms with Gasteiger partial charge in [-0.25, -0.2) is 4.98 Å². The van der Waals surface area contributed by atoms with Gasteiger partial charge in [-0.15, -0.1) is 0 Å². The predicted molar refractivity (Wildman–Crippen MR) is 62.7 cm³/mol. The summed E-state index contributed by atoms with van der Waals surface area (Å²) in [6.07, 6.45) is 1.59. The molecule has 0 spiro atoms. The van der Waals surface area contributed by atoms with Crippen molar-refractivity contribution in [3.63, 3.8) is 0 Å². The number of carbonyl (C=O) groups is 1. The standard InChI is InChI=1S/C10H15N3OS/c1-7(2)13-9(14)6-15-10-4-3-8(11)5-12-10/h3-5,7H,6,11H2,1-2H3,(H,13,14). The summed E-state index contributed by atoms with van der Waals surface area (Å²) in [6, 6.07) is 3.76. The van der Waals surface area contributed by atoms with Crippen LogP contribution in [-0.2, 0) is 4.79 Å². The lowest BCUT2D eigenvalue weighted by Crippen LogP contribution is -2.31. The fourth-order valence-corrected chi connectivity index (χ4v) is 1.63. The lowest BCUT2D eigenvalue weighted by Gasteiger charge is -2.07. The van der Waals surface area contributed by atoms with E-state index in [1.807, 2.05) is 19.9 Å². The van der Waals surface area contributed by atoms with Gasteiger partial charge < -0.3 is 11.1 Å². The number of amides is 1. The first-order valence-electron chi connectivity index (χ1n) is 4.71. The number of hydrogen-bond donors (Lipinski definition) is 2. The van der Waals surface area contributed by atoms with Crippen molar-refractivity contribution in [1.29, 1.82) is 0 Å². The van der Waals surface area contributed by atoms with Gasteiger partial charge in [0.05, 0.1) is 22.7 Å². The Kier molecular flexibility index (Phi) is 4.42. The zero-order valence-electron chi connectivity index (χ0n) is 8.86. The van der Waals surface area contributed by atoms with Gasteiger partial charge >= 0.3 is 0 Å². The molecule has 82 valence electrons. The van der Waals surface area contributed by atoms with E-state index in [2.05, 4.69) is 10.3 Å². The SMILES string of the molecule is CC(C)NC(=O)CSc1ccc(N)cn1. The highest BCUT2D eigenvalue weighted by molar-refractivity contribution is 7.99. The molecule has 0 aliphatic heterocycles. The number of nitrogens with one attached hydrogen (secondary N) is 1. The second-order valence-electron chi connectivity index (χ2n) is 3.44. The Hall–Kier alpha value is -1.23. The fraction of sp³-hybridized carbons (Fsp3) is 0.400. The molecule has 0 radical (unpaired) electrons. The minimum Gasteiger partial charge on any atom is -0.397 e. The average molecular weight is 225 g/mol. The van der Waals surface area contributed by atoms with Crippen molar-refractivity contribution in [3.05, 3.63) is 18.3 Å². The fourth-order valence-electron chi connectivity index (χ4n) is 0.980. The number of hydrogen-bond acceptors (Lipinski definition) is 4. The maximum Gasteiger partial charge on any atom is 0.230 e. The third-order valence-corrected chi connectivity index (χ3v) is 2.50. The van der Waals surface area contributed by atoms with Crippen molar-refractivity contribution in [2.24, 2.45) is 0 Å². The van der Waals surface area contributed by atoms with Gasteiger partial charge in [0.1, 0.15) is 0 Å². The van der Waals surface area contributed by atoms with Crippen LogP contribution in [0, 0.1) is 0 Å². The van der Waals surface area contributed by atoms with Crippen LogP contribution >= 0.6 is 11.8 Å². The Morgan fingerprint density at radius 3 is 2.87 bits per heavy atom. The van der Waals surface area contributed by atoms with E-state index < -0.39 is 0 Å². The van der Waals surface area contributed by atoms with Crippen LogP contribution in [0.25, 0.3) is 0 Å². The molecule has 0 bridgehead atoms. The Balaban J connectivity index is 2.37. The van der Waals surface area contributed by atoms with Crippen LogP contribution in [0.1, 0.15) is 13.8 Å². The number of aromatic nitrogens is 1. The maximum absolute atomic E-state index is 11.3. The molecule has 1 amide bonds. The number of nitrogens with zero attached hydrogens (tertiary/aromatic N) is 1. The first kappa shape index (κ1) is 11.8. The summed E-state index contributed by atoms with van der Waals surface area (Å²) in [6.45, 7) is 3.87. The molecular weight excluding hydrogens is 210 g/mol. The summed E-state index contributed by atoms with van der Waals surface area (Å²) in [5, 5.41) is 3.62. The number of pyridine rings is 1. The lowest BCUT2D eigenvalue weighted by atomic mass is 10.4. The number of thioether (sulfide) groups is 1. The van der Waals surface area contributed by atoms with E-state index >= 15 is 0 Å². The van der Waals surface area contributed by atoms with Crippen molar-refractivity contribution in [2.75, 3.05) is 11.5 Å². The van der Waals surface area contributed by atoms with Crippen molar-refractivity contribution < 1.29 is 4.79 Å². The van der Waals surface area contributed by atoms with Crippen LogP contribution in [0.3, 0.4) is 0 Å². The first-order valence-corrected chi connectivity index (χ1v) is 5.70. The second-order valence-corrected chi connectivity index (χ2v) is 4.44. The molecule has 0 aliphatic rings. The molecule has 0 saturated carbocycles. The molecule has 1 aromatic heterocycles. The highest BCUT2D eigenvalue weighted by Crippen LogP contribution is 2.15. The van der Waals surface area contributed by atoms with Gasteiger partial charge in [-0.3, -0.25) is 4.79 Å². The van der Waals surface area contributed by atoms with Gasteiger partial charge in [-0.1, -0.05) is 11.8 Å². The van der Waals surface area contributed by atoms with Crippen LogP contribution in [0.4, 0.5) is 5.69 Å². The van der Waals surface area contributed by atoms with E-state index in [9.17, 15) is 4.79 Å². The van der Waals surface area contributed by atoms with E-state index in [0.29, 0.717) is 11.4 Å². The van der Waals surface area contributed by atoms with Gasteiger partial charge in [0, 0.05) is 6.04 Å². The Bertz CT molecular complexity index is 324. The second kappa shape index (κ2) is 5.60. The largest absolute Gasteiger partial charge is 0.397 e. The molecule has 3 N–H and O–H groups in total. The molecule has 1 heterocycles. The monoisotopic (exact) mass is 225 g/mol. The van der Waals surface area contributed by atoms with Crippen molar-refractivity contribution >= 4 is 23.4 Å². The summed E-state index contributed by atoms with van der Waals surface area (Å²) >= 11 is 1.40. The molecular formula is C10H15N3OS. The molecule has 0 unspecified atom stereocenters. The third-order valence-electron chi connectivity index (χ3n) is 1.56. The van der Waals surface area contributed by atoms with Crippen LogP contribution < -0.4 is 11.1 Å². The van der Waals surface area contributed by atoms with Crippen molar-refractivity contribution in [3.8, 4) is 0 Å². The average Bonchev–Trinajstić information content (AvgIpc) is 2.16. The molecule has 4 nitrogen and oxygen atoms in total. The Morgan fingerprint density at radius 1 is 1.60 bits per heavy atom. The number of nitrogens with two attached hydrogens (primary N) is 1. The molecule has 0 saturated heterocycles. The zero-order valence-corrected chi connectivity index (χ0v) is 9.67. The van der Waals surface area contributed by atoms with E-state index in [-0.39, 0.29) is 11.9 Å². The molecule has 5 heteroatoms. The van der Waals surface area contributed by atoms with Gasteiger partial charge in [-0.05, 0) is 26.0 Å². The van der Waals surface area contributed by atoms with Crippen LogP contribution in [0.15, 0.2) is 23.4 Å². The molecule has 1 rings (SSSR count). The zero-order chi connectivity index (χ0) is 11.3. The van der Waals surface area contributed by atoms with Gasteiger partial charge in [0.2, 0.25) is 5.91 Å². The van der Waals surface area contributed by atoms with Gasteiger partial charge in [-0.2, -0.15) is 0 Å². The van der Waals surface area contributed by atoms with E-state index in [0.717, 1.165) is 5.03 Å². The molecule has 0 aromatic carbocycles. The first-order chi connectivity index (χ1) is 7.08. The molecule has 0 aliphatic carbocycles. The van der Waals surface area contributed by atoms with Gasteiger partial charge in [0.15, 0.2) is 0 Å². The summed E-state index contributed by atoms with van der Waals surface area (Å²) in [5.74, 6) is 0.406. The topological polar surface area (TPSA) is 68.0 Å². The van der Waals surface area contributed by atoms with Crippen LogP contribution in [0.2, 0.25) is 0 Å². The number of rotatable bonds is 4. The molecule has 15 heavy (non-hydrogen) atoms. The summed E-state index contributed by atoms with van der Waals surface area (Å²) in [7, 11) is 0. The summed E-state index contributed by atoms with van der Waals surface area (Å²) < 4.78 is 0. The van der Waals surface area contributed by atoms with E-state index in [1.54, 1.807) is 12.3 Å². The lowest BCUT2D eigenvalue weighted by molar-refractivity contribution is -0.119. The highest BCUT2D eigenvalue weighted by atomic mass is 32.2. The minimum absolute atomic E-state index is 0.0219. The summed E-state index contributed by atoms with van der Waals surface area (Å²) in [4.78, 5) is 15.4. The number of anilines is 1. The van der Waals surface area contributed by atoms with Crippen LogP contribution in [-0.4, -0.2) is 22.7 Å². The molecule has 1 aromatic rings. The number of nitrogen functional groups attached to an aromatic ring is 1. The Morgan fingerprint density at radius 2 is 2.33 bits per heavy atom. The third kappa shape index (κ3) is 4.69. The maximum atomic E-state index is 11.3. The quantitative estimate of drug-likeness (QED) is 0.757. The molecule has 0 atom stereocenters. The van der Waals surface area contributed by atoms with Gasteiger partial charge in [0.25, 0.3) is 0 Å². The smallest absolute Gasteiger partial charge is 0.230 e. The van der Waals surface area contributed by atoms with Crippen molar-refractivity contribution in [2.45, 2.75) is 24.9 Å². The summed E-state index contributed by atoms with van der Waals surface area (Å²) in [5.41, 5.74) is 6.13. The minimum atomic E-state index is 0.0219. The van der Waals surface area contributed by atoms with Crippen molar-refractivity contribution in [1.82, 2.24) is 10.3 Å². The predicted octanol–water partition coefficient (Wildman–Crippen LogP) is 1.28. The number of carbonyl (C=O) groups excluding carboxylic acids is 1. The van der Waals surface area contributed by atoms with Crippen LogP contribution in [0.5, 0.6) is 0 Å². The Labute approximate surface area is 93.7 Å². The molecule has 0 fully saturated rings.